The van der Waals surface area contributed by atoms with Gasteiger partial charge in [0.15, 0.2) is 16.7 Å². The fourth-order valence-electron chi connectivity index (χ4n) is 1.65. The van der Waals surface area contributed by atoms with Gasteiger partial charge in [-0.05, 0) is 50.7 Å². The molecule has 0 aliphatic rings. The molecule has 122 valence electrons. The Kier molecular flexibility index (Phi) is 8.39. The Bertz CT molecular complexity index is 524. The number of hydrazone groups is 1. The van der Waals surface area contributed by atoms with Crippen molar-refractivity contribution < 1.29 is 13.9 Å². The first-order valence-corrected chi connectivity index (χ1v) is 7.49. The van der Waals surface area contributed by atoms with Crippen molar-refractivity contribution in [2.75, 3.05) is 26.9 Å². The highest BCUT2D eigenvalue weighted by atomic mass is 32.1. The summed E-state index contributed by atoms with van der Waals surface area (Å²) in [6.45, 7) is 5.84. The predicted octanol–water partition coefficient (Wildman–Crippen LogP) is 2.45. The van der Waals surface area contributed by atoms with Crippen LogP contribution < -0.4 is 15.5 Å². The zero-order chi connectivity index (χ0) is 16.4. The average molecular weight is 327 g/mol. The lowest BCUT2D eigenvalue weighted by molar-refractivity contribution is 0.145. The van der Waals surface area contributed by atoms with Crippen LogP contribution >= 0.6 is 12.2 Å². The van der Waals surface area contributed by atoms with Crippen LogP contribution in [0.15, 0.2) is 23.3 Å². The lowest BCUT2D eigenvalue weighted by Gasteiger charge is -2.08. The predicted molar refractivity (Wildman–Crippen MR) is 90.0 cm³/mol. The van der Waals surface area contributed by atoms with Gasteiger partial charge in [-0.15, -0.1) is 0 Å². The van der Waals surface area contributed by atoms with Gasteiger partial charge in [0.25, 0.3) is 0 Å². The second kappa shape index (κ2) is 10.1. The number of hydrogen-bond donors (Lipinski definition) is 2. The number of thiocarbonyl (C=S) groups is 1. The molecule has 0 heterocycles. The van der Waals surface area contributed by atoms with Gasteiger partial charge in [0, 0.05) is 25.3 Å². The largest absolute Gasteiger partial charge is 0.494 e. The van der Waals surface area contributed by atoms with Crippen LogP contribution in [0.1, 0.15) is 25.8 Å². The molecule has 7 heteroatoms. The van der Waals surface area contributed by atoms with Gasteiger partial charge in [0.2, 0.25) is 0 Å². The van der Waals surface area contributed by atoms with Crippen LogP contribution in [0.5, 0.6) is 5.75 Å². The normalized spacial score (nSPS) is 11.2. The highest BCUT2D eigenvalue weighted by Crippen LogP contribution is 2.17. The maximum Gasteiger partial charge on any atom is 0.186 e. The molecule has 0 unspecified atom stereocenters. The highest BCUT2D eigenvalue weighted by molar-refractivity contribution is 7.80. The van der Waals surface area contributed by atoms with E-state index in [9.17, 15) is 4.39 Å². The number of nitrogens with zero attached hydrogens (tertiary/aromatic N) is 1. The SMILES string of the molecule is CCOCCCNC(=S)N/N=C(/C)c1ccc(OC)c(F)c1. The van der Waals surface area contributed by atoms with Crippen LogP contribution in [0, 0.1) is 5.82 Å². The van der Waals surface area contributed by atoms with E-state index in [2.05, 4.69) is 15.8 Å². The number of halogens is 1. The fourth-order valence-corrected chi connectivity index (χ4v) is 1.80. The molecule has 0 bridgehead atoms. The molecule has 0 fully saturated rings. The lowest BCUT2D eigenvalue weighted by Crippen LogP contribution is -2.33. The first kappa shape index (κ1) is 18.3. The van der Waals surface area contributed by atoms with Gasteiger partial charge in [0.05, 0.1) is 12.8 Å². The van der Waals surface area contributed by atoms with E-state index in [-0.39, 0.29) is 5.75 Å². The van der Waals surface area contributed by atoms with Crippen molar-refractivity contribution in [3.63, 3.8) is 0 Å². The molecule has 5 nitrogen and oxygen atoms in total. The van der Waals surface area contributed by atoms with Gasteiger partial charge in [-0.3, -0.25) is 5.43 Å². The maximum absolute atomic E-state index is 13.6. The minimum absolute atomic E-state index is 0.205. The van der Waals surface area contributed by atoms with Crippen molar-refractivity contribution in [1.29, 1.82) is 0 Å². The molecule has 1 aromatic carbocycles. The number of nitrogens with one attached hydrogen (secondary N) is 2. The summed E-state index contributed by atoms with van der Waals surface area (Å²) in [7, 11) is 1.43. The van der Waals surface area contributed by atoms with E-state index in [1.54, 1.807) is 19.1 Å². The first-order valence-electron chi connectivity index (χ1n) is 7.08. The number of rotatable bonds is 8. The monoisotopic (exact) mass is 327 g/mol. The number of hydrogen-bond acceptors (Lipinski definition) is 4. The third kappa shape index (κ3) is 6.36. The van der Waals surface area contributed by atoms with E-state index in [0.29, 0.717) is 36.1 Å². The molecule has 0 amide bonds. The van der Waals surface area contributed by atoms with E-state index in [1.807, 2.05) is 6.92 Å². The van der Waals surface area contributed by atoms with Gasteiger partial charge < -0.3 is 14.8 Å². The number of ether oxygens (including phenoxy) is 2. The van der Waals surface area contributed by atoms with E-state index in [1.165, 1.54) is 13.2 Å². The quantitative estimate of drug-likeness (QED) is 0.332. The third-order valence-electron chi connectivity index (χ3n) is 2.85. The second-order valence-electron chi connectivity index (χ2n) is 4.46. The van der Waals surface area contributed by atoms with Crippen LogP contribution in [-0.4, -0.2) is 37.7 Å². The summed E-state index contributed by atoms with van der Waals surface area (Å²) in [4.78, 5) is 0. The molecule has 0 spiro atoms. The zero-order valence-electron chi connectivity index (χ0n) is 13.1. The summed E-state index contributed by atoms with van der Waals surface area (Å²) in [5, 5.41) is 7.57. The Labute approximate surface area is 135 Å². The Morgan fingerprint density at radius 3 is 2.82 bits per heavy atom. The molecule has 0 saturated heterocycles. The molecule has 0 aromatic heterocycles. The molecule has 0 saturated carbocycles. The van der Waals surface area contributed by atoms with Crippen molar-refractivity contribution in [2.24, 2.45) is 5.10 Å². The third-order valence-corrected chi connectivity index (χ3v) is 3.09. The summed E-state index contributed by atoms with van der Waals surface area (Å²) >= 11 is 5.10. The van der Waals surface area contributed by atoms with E-state index < -0.39 is 5.82 Å². The smallest absolute Gasteiger partial charge is 0.186 e. The molecule has 22 heavy (non-hydrogen) atoms. The van der Waals surface area contributed by atoms with Crippen LogP contribution in [0.4, 0.5) is 4.39 Å². The van der Waals surface area contributed by atoms with Crippen LogP contribution in [0.25, 0.3) is 0 Å². The maximum atomic E-state index is 13.6. The summed E-state index contributed by atoms with van der Waals surface area (Å²) < 4.78 is 23.7. The summed E-state index contributed by atoms with van der Waals surface area (Å²) in [6, 6.07) is 4.67. The topological polar surface area (TPSA) is 54.9 Å². The molecule has 1 aromatic rings. The lowest BCUT2D eigenvalue weighted by atomic mass is 10.1. The second-order valence-corrected chi connectivity index (χ2v) is 4.87. The molecule has 1 rings (SSSR count). The van der Waals surface area contributed by atoms with E-state index in [4.69, 9.17) is 21.7 Å². The average Bonchev–Trinajstić information content (AvgIpc) is 2.52. The van der Waals surface area contributed by atoms with E-state index >= 15 is 0 Å². The standard InChI is InChI=1S/C15H22FN3O2S/c1-4-21-9-5-8-17-15(22)19-18-11(2)12-6-7-14(20-3)13(16)10-12/h6-7,10H,4-5,8-9H2,1-3H3,(H2,17,19,22)/b18-11-. The van der Waals surface area contributed by atoms with Gasteiger partial charge in [0.1, 0.15) is 0 Å². The van der Waals surface area contributed by atoms with Gasteiger partial charge in [-0.2, -0.15) is 5.10 Å². The number of methoxy groups -OCH3 is 1. The molecular weight excluding hydrogens is 305 g/mol. The van der Waals surface area contributed by atoms with Crippen molar-refractivity contribution >= 4 is 23.0 Å². The van der Waals surface area contributed by atoms with Crippen LogP contribution in [0.2, 0.25) is 0 Å². The van der Waals surface area contributed by atoms with Crippen LogP contribution in [-0.2, 0) is 4.74 Å². The molecule has 0 radical (unpaired) electrons. The Hall–Kier alpha value is -1.73. The van der Waals surface area contributed by atoms with E-state index in [0.717, 1.165) is 6.42 Å². The molecule has 0 aliphatic carbocycles. The van der Waals surface area contributed by atoms with Crippen molar-refractivity contribution in [2.45, 2.75) is 20.3 Å². The summed E-state index contributed by atoms with van der Waals surface area (Å²) in [5.41, 5.74) is 4.02. The molecule has 0 aliphatic heterocycles. The summed E-state index contributed by atoms with van der Waals surface area (Å²) in [5.74, 6) is -0.220. The molecule has 0 atom stereocenters. The first-order chi connectivity index (χ1) is 10.6. The van der Waals surface area contributed by atoms with Crippen molar-refractivity contribution in [1.82, 2.24) is 10.7 Å². The minimum atomic E-state index is -0.425. The fraction of sp³-hybridized carbons (Fsp3) is 0.467. The summed E-state index contributed by atoms with van der Waals surface area (Å²) in [6.07, 6.45) is 0.863. The van der Waals surface area contributed by atoms with Gasteiger partial charge >= 0.3 is 0 Å². The van der Waals surface area contributed by atoms with Crippen molar-refractivity contribution in [3.8, 4) is 5.75 Å². The Balaban J connectivity index is 2.44. The van der Waals surface area contributed by atoms with Gasteiger partial charge in [-0.25, -0.2) is 4.39 Å². The molecular formula is C15H22FN3O2S. The minimum Gasteiger partial charge on any atom is -0.494 e. The highest BCUT2D eigenvalue weighted by Gasteiger charge is 2.05. The molecule has 2 N–H and O–H groups in total. The Morgan fingerprint density at radius 1 is 1.41 bits per heavy atom. The number of benzene rings is 1. The van der Waals surface area contributed by atoms with Gasteiger partial charge in [-0.1, -0.05) is 0 Å². The van der Waals surface area contributed by atoms with Crippen LogP contribution in [0.3, 0.4) is 0 Å². The van der Waals surface area contributed by atoms with Crippen molar-refractivity contribution in [3.05, 3.63) is 29.6 Å². The zero-order valence-corrected chi connectivity index (χ0v) is 13.9. The Morgan fingerprint density at radius 2 is 2.18 bits per heavy atom.